The van der Waals surface area contributed by atoms with Gasteiger partial charge in [-0.1, -0.05) is 13.8 Å². The van der Waals surface area contributed by atoms with E-state index in [1.54, 1.807) is 0 Å². The first-order valence-electron chi connectivity index (χ1n) is 7.93. The van der Waals surface area contributed by atoms with Crippen LogP contribution >= 0.6 is 0 Å². The fourth-order valence-electron chi connectivity index (χ4n) is 2.41. The normalized spacial score (nSPS) is 21.4. The summed E-state index contributed by atoms with van der Waals surface area (Å²) in [4.78, 5) is 14.1. The number of carbonyl (C=O) groups excluding carboxylic acids is 1. The summed E-state index contributed by atoms with van der Waals surface area (Å²) in [6.07, 6.45) is 3.04. The van der Waals surface area contributed by atoms with Crippen LogP contribution in [0.25, 0.3) is 0 Å². The van der Waals surface area contributed by atoms with Gasteiger partial charge in [-0.05, 0) is 59.4 Å². The largest absolute Gasteiger partial charge is 0.444 e. The second kappa shape index (κ2) is 7.30. The average Bonchev–Trinajstić information content (AvgIpc) is 2.74. The number of nitrogens with zero attached hydrogens (tertiary/aromatic N) is 1. The SMILES string of the molecule is CC(C)C(C)NCCC1CCCN1C(=O)OC(C)(C)C. The lowest BCUT2D eigenvalue weighted by Gasteiger charge is -2.29. The number of nitrogens with one attached hydrogen (secondary N) is 1. The minimum atomic E-state index is -0.408. The van der Waals surface area contributed by atoms with Crippen molar-refractivity contribution in [1.82, 2.24) is 10.2 Å². The molecule has 1 heterocycles. The maximum absolute atomic E-state index is 12.2. The van der Waals surface area contributed by atoms with Crippen LogP contribution in [0.2, 0.25) is 0 Å². The molecule has 0 aromatic heterocycles. The number of rotatable bonds is 5. The van der Waals surface area contributed by atoms with E-state index in [2.05, 4.69) is 26.1 Å². The lowest BCUT2D eigenvalue weighted by atomic mass is 10.1. The fraction of sp³-hybridized carbons (Fsp3) is 0.938. The number of ether oxygens (including phenoxy) is 1. The zero-order chi connectivity index (χ0) is 15.3. The molecule has 2 unspecified atom stereocenters. The maximum atomic E-state index is 12.2. The van der Waals surface area contributed by atoms with Gasteiger partial charge in [0.2, 0.25) is 0 Å². The first-order valence-corrected chi connectivity index (χ1v) is 7.93. The molecule has 0 bridgehead atoms. The molecule has 4 heteroatoms. The van der Waals surface area contributed by atoms with E-state index >= 15 is 0 Å². The number of carbonyl (C=O) groups is 1. The third-order valence-electron chi connectivity index (χ3n) is 3.95. The van der Waals surface area contributed by atoms with E-state index in [9.17, 15) is 4.79 Å². The van der Waals surface area contributed by atoms with Gasteiger partial charge in [0.05, 0.1) is 0 Å². The minimum absolute atomic E-state index is 0.156. The molecule has 1 N–H and O–H groups in total. The summed E-state index contributed by atoms with van der Waals surface area (Å²) in [7, 11) is 0. The third kappa shape index (κ3) is 5.70. The number of likely N-dealkylation sites (tertiary alicyclic amines) is 1. The van der Waals surface area contributed by atoms with Crippen molar-refractivity contribution in [2.24, 2.45) is 5.92 Å². The zero-order valence-electron chi connectivity index (χ0n) is 14.0. The van der Waals surface area contributed by atoms with Crippen molar-refractivity contribution >= 4 is 6.09 Å². The second-order valence-electron chi connectivity index (χ2n) is 7.25. The molecule has 0 radical (unpaired) electrons. The van der Waals surface area contributed by atoms with Crippen LogP contribution in [0.3, 0.4) is 0 Å². The molecule has 4 nitrogen and oxygen atoms in total. The highest BCUT2D eigenvalue weighted by Gasteiger charge is 2.31. The first kappa shape index (κ1) is 17.3. The topological polar surface area (TPSA) is 41.6 Å². The summed E-state index contributed by atoms with van der Waals surface area (Å²) in [5, 5.41) is 3.54. The highest BCUT2D eigenvalue weighted by Crippen LogP contribution is 2.22. The second-order valence-corrected chi connectivity index (χ2v) is 7.25. The summed E-state index contributed by atoms with van der Waals surface area (Å²) >= 11 is 0. The Morgan fingerprint density at radius 3 is 2.55 bits per heavy atom. The van der Waals surface area contributed by atoms with Crippen molar-refractivity contribution in [2.75, 3.05) is 13.1 Å². The molecule has 118 valence electrons. The Balaban J connectivity index is 2.39. The van der Waals surface area contributed by atoms with Gasteiger partial charge < -0.3 is 15.0 Å². The molecule has 0 spiro atoms. The van der Waals surface area contributed by atoms with Gasteiger partial charge in [0.1, 0.15) is 5.60 Å². The van der Waals surface area contributed by atoms with Gasteiger partial charge in [-0.25, -0.2) is 4.79 Å². The molecule has 0 aromatic carbocycles. The average molecular weight is 284 g/mol. The Morgan fingerprint density at radius 1 is 1.35 bits per heavy atom. The molecule has 1 aliphatic rings. The summed E-state index contributed by atoms with van der Waals surface area (Å²) < 4.78 is 5.48. The van der Waals surface area contributed by atoms with E-state index in [0.717, 1.165) is 32.4 Å². The molecular weight excluding hydrogens is 252 g/mol. The first-order chi connectivity index (χ1) is 9.20. The van der Waals surface area contributed by atoms with E-state index in [-0.39, 0.29) is 6.09 Å². The van der Waals surface area contributed by atoms with Crippen molar-refractivity contribution < 1.29 is 9.53 Å². The van der Waals surface area contributed by atoms with Gasteiger partial charge in [-0.3, -0.25) is 0 Å². The molecule has 1 saturated heterocycles. The third-order valence-corrected chi connectivity index (χ3v) is 3.95. The van der Waals surface area contributed by atoms with Crippen molar-refractivity contribution in [3.8, 4) is 0 Å². The number of amides is 1. The molecule has 1 aliphatic heterocycles. The smallest absolute Gasteiger partial charge is 0.410 e. The van der Waals surface area contributed by atoms with Gasteiger partial charge in [-0.15, -0.1) is 0 Å². The van der Waals surface area contributed by atoms with Gasteiger partial charge in [0.25, 0.3) is 0 Å². The van der Waals surface area contributed by atoms with Crippen LogP contribution in [-0.2, 0) is 4.74 Å². The van der Waals surface area contributed by atoms with Crippen LogP contribution in [-0.4, -0.2) is 41.8 Å². The lowest BCUT2D eigenvalue weighted by Crippen LogP contribution is -2.41. The van der Waals surface area contributed by atoms with Crippen molar-refractivity contribution in [2.45, 2.75) is 78.5 Å². The number of hydrogen-bond acceptors (Lipinski definition) is 3. The molecule has 1 amide bonds. The van der Waals surface area contributed by atoms with Crippen LogP contribution in [0.5, 0.6) is 0 Å². The van der Waals surface area contributed by atoms with Crippen LogP contribution < -0.4 is 5.32 Å². The Kier molecular flexibility index (Phi) is 6.31. The van der Waals surface area contributed by atoms with Crippen LogP contribution in [0.4, 0.5) is 4.79 Å². The lowest BCUT2D eigenvalue weighted by molar-refractivity contribution is 0.0220. The van der Waals surface area contributed by atoms with E-state index in [4.69, 9.17) is 4.74 Å². The quantitative estimate of drug-likeness (QED) is 0.841. The summed E-state index contributed by atoms with van der Waals surface area (Å²) in [5.74, 6) is 0.639. The van der Waals surface area contributed by atoms with Crippen molar-refractivity contribution in [3.05, 3.63) is 0 Å². The van der Waals surface area contributed by atoms with Crippen molar-refractivity contribution in [1.29, 1.82) is 0 Å². The Bertz CT molecular complexity index is 310. The van der Waals surface area contributed by atoms with Gasteiger partial charge in [0, 0.05) is 18.6 Å². The summed E-state index contributed by atoms with van der Waals surface area (Å²) in [5.41, 5.74) is -0.408. The molecule has 1 fully saturated rings. The maximum Gasteiger partial charge on any atom is 0.410 e. The van der Waals surface area contributed by atoms with Gasteiger partial charge in [0.15, 0.2) is 0 Å². The van der Waals surface area contributed by atoms with E-state index in [0.29, 0.717) is 18.0 Å². The predicted molar refractivity (Wildman–Crippen MR) is 82.9 cm³/mol. The standard InChI is InChI=1S/C16H32N2O2/c1-12(2)13(3)17-10-9-14-8-7-11-18(14)15(19)20-16(4,5)6/h12-14,17H,7-11H2,1-6H3. The molecule has 20 heavy (non-hydrogen) atoms. The molecule has 0 saturated carbocycles. The van der Waals surface area contributed by atoms with Gasteiger partial charge >= 0.3 is 6.09 Å². The highest BCUT2D eigenvalue weighted by atomic mass is 16.6. The zero-order valence-corrected chi connectivity index (χ0v) is 14.0. The highest BCUT2D eigenvalue weighted by molar-refractivity contribution is 5.68. The molecule has 1 rings (SSSR count). The van der Waals surface area contributed by atoms with E-state index in [1.807, 2.05) is 25.7 Å². The predicted octanol–water partition coefficient (Wildman–Crippen LogP) is 3.41. The summed E-state index contributed by atoms with van der Waals surface area (Å²) in [6.45, 7) is 14.2. The van der Waals surface area contributed by atoms with Crippen LogP contribution in [0, 0.1) is 5.92 Å². The van der Waals surface area contributed by atoms with E-state index < -0.39 is 5.60 Å². The monoisotopic (exact) mass is 284 g/mol. The van der Waals surface area contributed by atoms with Crippen molar-refractivity contribution in [3.63, 3.8) is 0 Å². The minimum Gasteiger partial charge on any atom is -0.444 e. The summed E-state index contributed by atoms with van der Waals surface area (Å²) in [6, 6.07) is 0.850. The molecule has 0 aromatic rings. The Hall–Kier alpha value is -0.770. The molecule has 0 aliphatic carbocycles. The van der Waals surface area contributed by atoms with Gasteiger partial charge in [-0.2, -0.15) is 0 Å². The molecule has 2 atom stereocenters. The molecular formula is C16H32N2O2. The fourth-order valence-corrected chi connectivity index (χ4v) is 2.41. The van der Waals surface area contributed by atoms with Crippen LogP contribution in [0.1, 0.15) is 60.8 Å². The Morgan fingerprint density at radius 2 is 2.00 bits per heavy atom. The van der Waals surface area contributed by atoms with Crippen LogP contribution in [0.15, 0.2) is 0 Å². The van der Waals surface area contributed by atoms with E-state index in [1.165, 1.54) is 0 Å². The Labute approximate surface area is 124 Å². The number of hydrogen-bond donors (Lipinski definition) is 1.